The van der Waals surface area contributed by atoms with Gasteiger partial charge < -0.3 is 4.40 Å². The van der Waals surface area contributed by atoms with Crippen LogP contribution in [0.3, 0.4) is 0 Å². The zero-order chi connectivity index (χ0) is 14.7. The number of nitrogens with zero attached hydrogens (tertiary/aromatic N) is 3. The van der Waals surface area contributed by atoms with Gasteiger partial charge in [-0.05, 0) is 31.2 Å². The van der Waals surface area contributed by atoms with Crippen molar-refractivity contribution in [2.45, 2.75) is 6.92 Å². The minimum absolute atomic E-state index is 0.280. The lowest BCUT2D eigenvalue weighted by Gasteiger charge is -2.06. The summed E-state index contributed by atoms with van der Waals surface area (Å²) in [5.74, 6) is 0. The molecule has 0 unspecified atom stereocenters. The minimum Gasteiger partial charge on any atom is -0.305 e. The maximum absolute atomic E-state index is 12.1. The monoisotopic (exact) mass is 278 g/mol. The van der Waals surface area contributed by atoms with E-state index in [1.807, 2.05) is 60.0 Å². The minimum atomic E-state index is -0.280. The van der Waals surface area contributed by atoms with Crippen molar-refractivity contribution in [2.75, 3.05) is 5.43 Å². The molecule has 0 saturated carbocycles. The van der Waals surface area contributed by atoms with Crippen LogP contribution in [-0.2, 0) is 0 Å². The Labute approximate surface area is 121 Å². The van der Waals surface area contributed by atoms with Crippen molar-refractivity contribution < 1.29 is 0 Å². The summed E-state index contributed by atoms with van der Waals surface area (Å²) in [6.45, 7) is 1.87. The summed E-state index contributed by atoms with van der Waals surface area (Å²) in [6, 6.07) is 15.1. The molecular weight excluding hydrogens is 264 g/mol. The third kappa shape index (κ3) is 2.67. The number of anilines is 1. The molecule has 1 aromatic carbocycles. The third-order valence-electron chi connectivity index (χ3n) is 3.20. The molecule has 5 nitrogen and oxygen atoms in total. The second-order valence-corrected chi connectivity index (χ2v) is 4.58. The van der Waals surface area contributed by atoms with Gasteiger partial charge in [-0.2, -0.15) is 10.1 Å². The number of rotatable bonds is 3. The Balaban J connectivity index is 1.95. The van der Waals surface area contributed by atoms with Crippen molar-refractivity contribution >= 4 is 17.5 Å². The molecule has 0 bridgehead atoms. The summed E-state index contributed by atoms with van der Waals surface area (Å²) < 4.78 is 1.87. The van der Waals surface area contributed by atoms with Crippen molar-refractivity contribution in [1.29, 1.82) is 0 Å². The van der Waals surface area contributed by atoms with Gasteiger partial charge in [0.1, 0.15) is 5.65 Å². The van der Waals surface area contributed by atoms with Crippen molar-refractivity contribution in [2.24, 2.45) is 5.10 Å². The summed E-state index contributed by atoms with van der Waals surface area (Å²) in [6.07, 6.45) is 3.39. The number of fused-ring (bicyclic) bond motifs is 1. The Morgan fingerprint density at radius 3 is 2.71 bits per heavy atom. The van der Waals surface area contributed by atoms with Gasteiger partial charge in [0.2, 0.25) is 0 Å². The number of aryl methyl sites for hydroxylation is 1. The van der Waals surface area contributed by atoms with E-state index in [1.165, 1.54) is 6.21 Å². The number of pyridine rings is 1. The molecule has 104 valence electrons. The van der Waals surface area contributed by atoms with E-state index in [0.717, 1.165) is 11.4 Å². The maximum atomic E-state index is 12.1. The van der Waals surface area contributed by atoms with Crippen LogP contribution in [0, 0.1) is 6.92 Å². The lowest BCUT2D eigenvalue weighted by atomic mass is 10.2. The lowest BCUT2D eigenvalue weighted by Crippen LogP contribution is -2.18. The molecule has 5 heteroatoms. The zero-order valence-corrected chi connectivity index (χ0v) is 11.5. The van der Waals surface area contributed by atoms with Crippen molar-refractivity contribution in [1.82, 2.24) is 9.38 Å². The number of para-hydroxylation sites is 1. The SMILES string of the molecule is Cc1c(/C=N/Nc2ccccc2)c(=O)nc2ccccn12. The number of hydrazone groups is 1. The Hall–Kier alpha value is -2.95. The van der Waals surface area contributed by atoms with Crippen molar-refractivity contribution in [3.05, 3.63) is 76.3 Å². The first kappa shape index (κ1) is 13.1. The molecule has 0 aliphatic rings. The fraction of sp³-hybridized carbons (Fsp3) is 0.0625. The van der Waals surface area contributed by atoms with E-state index in [4.69, 9.17) is 0 Å². The van der Waals surface area contributed by atoms with Crippen LogP contribution >= 0.6 is 0 Å². The average molecular weight is 278 g/mol. The predicted molar refractivity (Wildman–Crippen MR) is 83.9 cm³/mol. The van der Waals surface area contributed by atoms with Gasteiger partial charge in [-0.15, -0.1) is 0 Å². The third-order valence-corrected chi connectivity index (χ3v) is 3.20. The molecule has 0 atom stereocenters. The van der Waals surface area contributed by atoms with Gasteiger partial charge in [-0.25, -0.2) is 0 Å². The molecule has 3 aromatic rings. The first-order chi connectivity index (χ1) is 10.3. The van der Waals surface area contributed by atoms with Crippen LogP contribution in [0.5, 0.6) is 0 Å². The van der Waals surface area contributed by atoms with Crippen LogP contribution in [0.2, 0.25) is 0 Å². The van der Waals surface area contributed by atoms with E-state index >= 15 is 0 Å². The summed E-state index contributed by atoms with van der Waals surface area (Å²) in [5, 5.41) is 4.11. The fourth-order valence-electron chi connectivity index (χ4n) is 2.09. The summed E-state index contributed by atoms with van der Waals surface area (Å²) in [5.41, 5.74) is 5.39. The number of benzene rings is 1. The zero-order valence-electron chi connectivity index (χ0n) is 11.5. The molecule has 3 rings (SSSR count). The standard InChI is InChI=1S/C16H14N4O/c1-12-14(11-17-19-13-7-3-2-4-8-13)16(21)18-15-9-5-6-10-20(12)15/h2-11,19H,1H3/b17-11+. The quantitative estimate of drug-likeness (QED) is 0.591. The largest absolute Gasteiger partial charge is 0.305 e. The molecule has 2 aromatic heterocycles. The molecule has 0 radical (unpaired) electrons. The van der Waals surface area contributed by atoms with Gasteiger partial charge in [-0.1, -0.05) is 24.3 Å². The van der Waals surface area contributed by atoms with Gasteiger partial charge in [0.15, 0.2) is 0 Å². The van der Waals surface area contributed by atoms with E-state index in [9.17, 15) is 4.79 Å². The van der Waals surface area contributed by atoms with Gasteiger partial charge in [0, 0.05) is 11.9 Å². The van der Waals surface area contributed by atoms with Gasteiger partial charge in [-0.3, -0.25) is 10.2 Å². The van der Waals surface area contributed by atoms with Gasteiger partial charge in [0.25, 0.3) is 5.56 Å². The van der Waals surface area contributed by atoms with Crippen molar-refractivity contribution in [3.8, 4) is 0 Å². The molecule has 0 fully saturated rings. The number of nitrogens with one attached hydrogen (secondary N) is 1. The second-order valence-electron chi connectivity index (χ2n) is 4.58. The van der Waals surface area contributed by atoms with Crippen LogP contribution in [0.1, 0.15) is 11.3 Å². The Morgan fingerprint density at radius 2 is 1.90 bits per heavy atom. The van der Waals surface area contributed by atoms with E-state index in [1.54, 1.807) is 6.07 Å². The number of aromatic nitrogens is 2. The Morgan fingerprint density at radius 1 is 1.14 bits per heavy atom. The highest BCUT2D eigenvalue weighted by atomic mass is 16.1. The van der Waals surface area contributed by atoms with Crippen LogP contribution < -0.4 is 11.0 Å². The Bertz CT molecular complexity index is 853. The first-order valence-corrected chi connectivity index (χ1v) is 6.58. The summed E-state index contributed by atoms with van der Waals surface area (Å²) >= 11 is 0. The van der Waals surface area contributed by atoms with E-state index in [0.29, 0.717) is 11.2 Å². The molecular formula is C16H14N4O. The van der Waals surface area contributed by atoms with Gasteiger partial charge in [0.05, 0.1) is 17.5 Å². The molecule has 2 heterocycles. The van der Waals surface area contributed by atoms with Gasteiger partial charge >= 0.3 is 0 Å². The topological polar surface area (TPSA) is 58.8 Å². The highest BCUT2D eigenvalue weighted by Gasteiger charge is 2.06. The lowest BCUT2D eigenvalue weighted by molar-refractivity contribution is 1.01. The molecule has 1 N–H and O–H groups in total. The van der Waals surface area contributed by atoms with Crippen LogP contribution in [0.4, 0.5) is 5.69 Å². The molecule has 21 heavy (non-hydrogen) atoms. The second kappa shape index (κ2) is 5.58. The predicted octanol–water partition coefficient (Wildman–Crippen LogP) is 2.45. The molecule has 0 spiro atoms. The molecule has 0 aliphatic heterocycles. The van der Waals surface area contributed by atoms with E-state index < -0.39 is 0 Å². The number of hydrogen-bond acceptors (Lipinski definition) is 4. The molecule has 0 aliphatic carbocycles. The van der Waals surface area contributed by atoms with E-state index in [2.05, 4.69) is 15.5 Å². The van der Waals surface area contributed by atoms with E-state index in [-0.39, 0.29) is 5.56 Å². The van der Waals surface area contributed by atoms with Crippen LogP contribution in [0.25, 0.3) is 5.65 Å². The highest BCUT2D eigenvalue weighted by molar-refractivity contribution is 5.81. The molecule has 0 saturated heterocycles. The maximum Gasteiger partial charge on any atom is 0.282 e. The molecule has 0 amide bonds. The Kier molecular flexibility index (Phi) is 3.47. The normalized spacial score (nSPS) is 11.1. The number of hydrogen-bond donors (Lipinski definition) is 1. The smallest absolute Gasteiger partial charge is 0.282 e. The first-order valence-electron chi connectivity index (χ1n) is 6.58. The average Bonchev–Trinajstić information content (AvgIpc) is 2.51. The van der Waals surface area contributed by atoms with Crippen LogP contribution in [-0.4, -0.2) is 15.6 Å². The fourth-order valence-corrected chi connectivity index (χ4v) is 2.09. The van der Waals surface area contributed by atoms with Crippen LogP contribution in [0.15, 0.2) is 64.6 Å². The summed E-state index contributed by atoms with van der Waals surface area (Å²) in [4.78, 5) is 16.1. The highest BCUT2D eigenvalue weighted by Crippen LogP contribution is 2.06. The van der Waals surface area contributed by atoms with Crippen molar-refractivity contribution in [3.63, 3.8) is 0 Å². The summed E-state index contributed by atoms with van der Waals surface area (Å²) in [7, 11) is 0.